The van der Waals surface area contributed by atoms with Crippen molar-refractivity contribution in [2.75, 3.05) is 19.0 Å². The van der Waals surface area contributed by atoms with E-state index < -0.39 is 0 Å². The maximum Gasteiger partial charge on any atom is 0.193 e. The monoisotopic (exact) mass is 275 g/mol. The van der Waals surface area contributed by atoms with Gasteiger partial charge >= 0.3 is 0 Å². The van der Waals surface area contributed by atoms with Crippen molar-refractivity contribution >= 4 is 11.6 Å². The molecule has 0 aliphatic heterocycles. The van der Waals surface area contributed by atoms with E-state index in [1.54, 1.807) is 7.11 Å². The average Bonchev–Trinajstić information content (AvgIpc) is 2.95. The Morgan fingerprint density at radius 1 is 1.35 bits per heavy atom. The van der Waals surface area contributed by atoms with Crippen LogP contribution in [0.4, 0.5) is 5.69 Å². The van der Waals surface area contributed by atoms with Gasteiger partial charge in [0, 0.05) is 6.54 Å². The normalized spacial score (nSPS) is 18.0. The van der Waals surface area contributed by atoms with Gasteiger partial charge in [-0.15, -0.1) is 0 Å². The highest BCUT2D eigenvalue weighted by Crippen LogP contribution is 2.41. The molecule has 1 aromatic carbocycles. The molecule has 1 fully saturated rings. The molecule has 1 aliphatic carbocycles. The van der Waals surface area contributed by atoms with Crippen LogP contribution in [0.25, 0.3) is 0 Å². The molecule has 0 amide bonds. The number of rotatable bonds is 5. The number of hydrogen-bond donors (Lipinski definition) is 2. The third-order valence-corrected chi connectivity index (χ3v) is 4.37. The van der Waals surface area contributed by atoms with Crippen LogP contribution in [0.15, 0.2) is 29.3 Å². The molecule has 1 saturated carbocycles. The standard InChI is InChI=1S/C16H25N3O/c1-3-16(10-6-7-11-16)12-18-15(17)19-13-8-4-5-9-14(13)20-2/h4-5,8-9H,3,6-7,10-12H2,1-2H3,(H3,17,18,19). The lowest BCUT2D eigenvalue weighted by molar-refractivity contribution is 0.297. The topological polar surface area (TPSA) is 59.6 Å². The molecular formula is C16H25N3O. The third kappa shape index (κ3) is 3.44. The van der Waals surface area contributed by atoms with E-state index in [4.69, 9.17) is 10.5 Å². The third-order valence-electron chi connectivity index (χ3n) is 4.37. The fourth-order valence-corrected chi connectivity index (χ4v) is 2.93. The van der Waals surface area contributed by atoms with Crippen molar-refractivity contribution < 1.29 is 4.74 Å². The largest absolute Gasteiger partial charge is 0.495 e. The number of anilines is 1. The second-order valence-corrected chi connectivity index (χ2v) is 5.59. The number of benzene rings is 1. The summed E-state index contributed by atoms with van der Waals surface area (Å²) >= 11 is 0. The maximum absolute atomic E-state index is 6.00. The summed E-state index contributed by atoms with van der Waals surface area (Å²) in [6.07, 6.45) is 6.37. The Balaban J connectivity index is 2.00. The molecular weight excluding hydrogens is 250 g/mol. The van der Waals surface area contributed by atoms with E-state index >= 15 is 0 Å². The van der Waals surface area contributed by atoms with Crippen LogP contribution in [0, 0.1) is 5.41 Å². The van der Waals surface area contributed by atoms with Crippen LogP contribution in [0.1, 0.15) is 39.0 Å². The van der Waals surface area contributed by atoms with Crippen molar-refractivity contribution in [3.05, 3.63) is 24.3 Å². The first-order valence-corrected chi connectivity index (χ1v) is 7.39. The van der Waals surface area contributed by atoms with Crippen molar-refractivity contribution in [2.24, 2.45) is 16.1 Å². The minimum atomic E-state index is 0.368. The van der Waals surface area contributed by atoms with Crippen LogP contribution in [-0.4, -0.2) is 19.6 Å². The summed E-state index contributed by atoms with van der Waals surface area (Å²) in [5.74, 6) is 1.24. The molecule has 0 atom stereocenters. The highest BCUT2D eigenvalue weighted by Gasteiger charge is 2.31. The number of nitrogens with two attached hydrogens (primary N) is 1. The zero-order valence-corrected chi connectivity index (χ0v) is 12.5. The summed E-state index contributed by atoms with van der Waals surface area (Å²) in [6, 6.07) is 7.72. The second kappa shape index (κ2) is 6.64. The van der Waals surface area contributed by atoms with E-state index in [9.17, 15) is 0 Å². The van der Waals surface area contributed by atoms with E-state index in [0.29, 0.717) is 11.4 Å². The van der Waals surface area contributed by atoms with Crippen molar-refractivity contribution in [2.45, 2.75) is 39.0 Å². The summed E-state index contributed by atoms with van der Waals surface area (Å²) in [5.41, 5.74) is 7.23. The summed E-state index contributed by atoms with van der Waals surface area (Å²) in [7, 11) is 1.65. The van der Waals surface area contributed by atoms with Gasteiger partial charge in [0.1, 0.15) is 5.75 Å². The summed E-state index contributed by atoms with van der Waals surface area (Å²) in [4.78, 5) is 4.55. The summed E-state index contributed by atoms with van der Waals surface area (Å²) in [5, 5.41) is 3.13. The number of guanidine groups is 1. The molecule has 0 aromatic heterocycles. The van der Waals surface area contributed by atoms with Crippen LogP contribution in [0.5, 0.6) is 5.75 Å². The Kier molecular flexibility index (Phi) is 4.88. The molecule has 0 heterocycles. The smallest absolute Gasteiger partial charge is 0.193 e. The van der Waals surface area contributed by atoms with Crippen LogP contribution in [0.3, 0.4) is 0 Å². The fraction of sp³-hybridized carbons (Fsp3) is 0.562. The molecule has 0 bridgehead atoms. The van der Waals surface area contributed by atoms with Gasteiger partial charge in [-0.1, -0.05) is 31.9 Å². The quantitative estimate of drug-likeness (QED) is 0.639. The Labute approximate surface area is 121 Å². The van der Waals surface area contributed by atoms with E-state index in [1.807, 2.05) is 24.3 Å². The minimum Gasteiger partial charge on any atom is -0.495 e. The number of ether oxygens (including phenoxy) is 1. The number of aliphatic imine (C=N–C) groups is 1. The molecule has 0 radical (unpaired) electrons. The van der Waals surface area contributed by atoms with Gasteiger partial charge in [0.05, 0.1) is 12.8 Å². The van der Waals surface area contributed by atoms with Gasteiger partial charge < -0.3 is 15.8 Å². The number of para-hydroxylation sites is 2. The van der Waals surface area contributed by atoms with Crippen LogP contribution < -0.4 is 15.8 Å². The summed E-state index contributed by atoms with van der Waals surface area (Å²) < 4.78 is 5.29. The first-order valence-electron chi connectivity index (χ1n) is 7.39. The average molecular weight is 275 g/mol. The molecule has 0 unspecified atom stereocenters. The Hall–Kier alpha value is -1.71. The lowest BCUT2D eigenvalue weighted by Crippen LogP contribution is -2.27. The number of nitrogens with one attached hydrogen (secondary N) is 1. The molecule has 4 nitrogen and oxygen atoms in total. The first-order chi connectivity index (χ1) is 9.69. The zero-order chi connectivity index (χ0) is 14.4. The van der Waals surface area contributed by atoms with Crippen molar-refractivity contribution in [3.8, 4) is 5.75 Å². The van der Waals surface area contributed by atoms with Crippen LogP contribution >= 0.6 is 0 Å². The molecule has 4 heteroatoms. The van der Waals surface area contributed by atoms with Gasteiger partial charge in [0.2, 0.25) is 0 Å². The minimum absolute atomic E-state index is 0.368. The Bertz CT molecular complexity index is 465. The number of methoxy groups -OCH3 is 1. The Morgan fingerprint density at radius 3 is 2.70 bits per heavy atom. The SMILES string of the molecule is CCC1(CN=C(N)Nc2ccccc2OC)CCCC1. The molecule has 1 aliphatic rings. The maximum atomic E-state index is 6.00. The molecule has 1 aromatic rings. The van der Waals surface area contributed by atoms with Gasteiger partial charge in [-0.2, -0.15) is 0 Å². The second-order valence-electron chi connectivity index (χ2n) is 5.59. The van der Waals surface area contributed by atoms with E-state index in [1.165, 1.54) is 32.1 Å². The van der Waals surface area contributed by atoms with Gasteiger partial charge in [-0.05, 0) is 36.8 Å². The highest BCUT2D eigenvalue weighted by molar-refractivity contribution is 5.93. The molecule has 0 saturated heterocycles. The zero-order valence-electron chi connectivity index (χ0n) is 12.5. The van der Waals surface area contributed by atoms with Crippen molar-refractivity contribution in [3.63, 3.8) is 0 Å². The van der Waals surface area contributed by atoms with Crippen LogP contribution in [0.2, 0.25) is 0 Å². The highest BCUT2D eigenvalue weighted by atomic mass is 16.5. The van der Waals surface area contributed by atoms with Gasteiger partial charge in [-0.25, -0.2) is 0 Å². The molecule has 3 N–H and O–H groups in total. The summed E-state index contributed by atoms with van der Waals surface area (Å²) in [6.45, 7) is 3.07. The van der Waals surface area contributed by atoms with Gasteiger partial charge in [0.15, 0.2) is 5.96 Å². The molecule has 2 rings (SSSR count). The number of nitrogens with zero attached hydrogens (tertiary/aromatic N) is 1. The lowest BCUT2D eigenvalue weighted by Gasteiger charge is -2.25. The first kappa shape index (κ1) is 14.7. The van der Waals surface area contributed by atoms with Gasteiger partial charge in [0.25, 0.3) is 0 Å². The predicted octanol–water partition coefficient (Wildman–Crippen LogP) is 3.39. The van der Waals surface area contributed by atoms with Crippen LogP contribution in [-0.2, 0) is 0 Å². The molecule has 20 heavy (non-hydrogen) atoms. The van der Waals surface area contributed by atoms with Crippen molar-refractivity contribution in [1.82, 2.24) is 0 Å². The fourth-order valence-electron chi connectivity index (χ4n) is 2.93. The van der Waals surface area contributed by atoms with Crippen molar-refractivity contribution in [1.29, 1.82) is 0 Å². The number of hydrogen-bond acceptors (Lipinski definition) is 2. The van der Waals surface area contributed by atoms with Gasteiger partial charge in [-0.3, -0.25) is 4.99 Å². The predicted molar refractivity (Wildman–Crippen MR) is 84.3 cm³/mol. The molecule has 110 valence electrons. The Morgan fingerprint density at radius 2 is 2.05 bits per heavy atom. The van der Waals surface area contributed by atoms with E-state index in [-0.39, 0.29) is 0 Å². The lowest BCUT2D eigenvalue weighted by atomic mass is 9.84. The van der Waals surface area contributed by atoms with E-state index in [0.717, 1.165) is 18.0 Å². The molecule has 0 spiro atoms. The van der Waals surface area contributed by atoms with E-state index in [2.05, 4.69) is 17.2 Å².